The number of carbonyl (C=O) groups excluding carboxylic acids is 3. The molecule has 0 saturated heterocycles. The van der Waals surface area contributed by atoms with E-state index in [0.29, 0.717) is 19.3 Å². The molecule has 0 spiro atoms. The van der Waals surface area contributed by atoms with E-state index in [2.05, 4.69) is 93.7 Å². The highest BCUT2D eigenvalue weighted by Crippen LogP contribution is 2.18. The first-order valence-corrected chi connectivity index (χ1v) is 34.4. The van der Waals surface area contributed by atoms with Gasteiger partial charge in [0.25, 0.3) is 0 Å². The van der Waals surface area contributed by atoms with Gasteiger partial charge < -0.3 is 14.2 Å². The van der Waals surface area contributed by atoms with Crippen LogP contribution in [-0.4, -0.2) is 37.2 Å². The average molecular weight is 1100 g/mol. The molecule has 0 aliphatic heterocycles. The summed E-state index contributed by atoms with van der Waals surface area (Å²) in [5, 5.41) is 0. The van der Waals surface area contributed by atoms with E-state index in [1.54, 1.807) is 0 Å². The van der Waals surface area contributed by atoms with E-state index in [1.807, 2.05) is 0 Å². The summed E-state index contributed by atoms with van der Waals surface area (Å²) in [7, 11) is 0. The number of hydrogen-bond acceptors (Lipinski definition) is 6. The van der Waals surface area contributed by atoms with Crippen molar-refractivity contribution in [1.29, 1.82) is 0 Å². The lowest BCUT2D eigenvalue weighted by atomic mass is 10.0. The molecule has 0 radical (unpaired) electrons. The number of ether oxygens (including phenoxy) is 3. The smallest absolute Gasteiger partial charge is 0.306 e. The van der Waals surface area contributed by atoms with Gasteiger partial charge in [-0.1, -0.05) is 318 Å². The van der Waals surface area contributed by atoms with Crippen molar-refractivity contribution in [3.63, 3.8) is 0 Å². The Balaban J connectivity index is 4.13. The standard InChI is InChI=1S/C73H130O6/c1-4-7-10-13-16-19-22-25-28-29-30-31-32-33-34-35-36-37-38-39-40-41-42-43-44-45-46-49-51-54-57-60-63-66-72(75)78-69-70(79-73(76)67-64-61-58-55-52-48-27-24-21-18-15-12-9-6-3)68-77-71(74)65-62-59-56-53-50-47-26-23-20-17-14-11-8-5-2/h7,10,16,19,24-25,27-28,30-31,33-34,70H,4-6,8-9,11-15,17-18,20-23,26,29,32,35-69H2,1-3H3/b10-7-,19-16-,27-24-,28-25-,31-30-,34-33-. The number of allylic oxidation sites excluding steroid dienone is 12. The van der Waals surface area contributed by atoms with Gasteiger partial charge in [0.15, 0.2) is 6.10 Å². The van der Waals surface area contributed by atoms with E-state index in [-0.39, 0.29) is 31.1 Å². The van der Waals surface area contributed by atoms with Crippen molar-refractivity contribution in [3.8, 4) is 0 Å². The summed E-state index contributed by atoms with van der Waals surface area (Å²) in [6.07, 6.45) is 87.9. The topological polar surface area (TPSA) is 78.9 Å². The molecule has 0 aliphatic rings. The minimum atomic E-state index is -0.776. The van der Waals surface area contributed by atoms with E-state index in [0.717, 1.165) is 96.3 Å². The van der Waals surface area contributed by atoms with Crippen molar-refractivity contribution in [2.24, 2.45) is 0 Å². The minimum absolute atomic E-state index is 0.0724. The second-order valence-corrected chi connectivity index (χ2v) is 23.1. The van der Waals surface area contributed by atoms with Gasteiger partial charge in [0.05, 0.1) is 0 Å². The quantitative estimate of drug-likeness (QED) is 0.0261. The van der Waals surface area contributed by atoms with Gasteiger partial charge in [0.1, 0.15) is 13.2 Å². The van der Waals surface area contributed by atoms with Crippen LogP contribution in [0.2, 0.25) is 0 Å². The second-order valence-electron chi connectivity index (χ2n) is 23.1. The minimum Gasteiger partial charge on any atom is -0.462 e. The monoisotopic (exact) mass is 1100 g/mol. The lowest BCUT2D eigenvalue weighted by Gasteiger charge is -2.18. The first-order chi connectivity index (χ1) is 39.0. The molecule has 0 heterocycles. The zero-order chi connectivity index (χ0) is 57.1. The van der Waals surface area contributed by atoms with E-state index in [9.17, 15) is 14.4 Å². The molecule has 6 heteroatoms. The van der Waals surface area contributed by atoms with Crippen LogP contribution in [0.25, 0.3) is 0 Å². The molecule has 0 saturated carbocycles. The van der Waals surface area contributed by atoms with Crippen LogP contribution < -0.4 is 0 Å². The van der Waals surface area contributed by atoms with Crippen LogP contribution >= 0.6 is 0 Å². The fraction of sp³-hybridized carbons (Fsp3) is 0.795. The van der Waals surface area contributed by atoms with Gasteiger partial charge in [-0.2, -0.15) is 0 Å². The SMILES string of the molecule is CC/C=C\C/C=C\C/C=C\C/C=C\C/C=C\CCCCCCCCCCCCCCCCCCCC(=O)OCC(COC(=O)CCCCCCCCCCCCCCCC)OC(=O)CCCCCCC/C=C\CCCCCCC. The highest BCUT2D eigenvalue weighted by Gasteiger charge is 2.19. The Kier molecular flexibility index (Phi) is 64.7. The van der Waals surface area contributed by atoms with E-state index < -0.39 is 6.10 Å². The molecule has 6 nitrogen and oxygen atoms in total. The van der Waals surface area contributed by atoms with Crippen molar-refractivity contribution in [3.05, 3.63) is 72.9 Å². The molecular weight excluding hydrogens is 973 g/mol. The Morgan fingerprint density at radius 1 is 0.266 bits per heavy atom. The maximum Gasteiger partial charge on any atom is 0.306 e. The molecule has 0 aromatic rings. The largest absolute Gasteiger partial charge is 0.462 e. The fourth-order valence-corrected chi connectivity index (χ4v) is 10.1. The van der Waals surface area contributed by atoms with E-state index >= 15 is 0 Å². The molecule has 0 aromatic heterocycles. The molecule has 79 heavy (non-hydrogen) atoms. The molecule has 1 unspecified atom stereocenters. The molecule has 458 valence electrons. The lowest BCUT2D eigenvalue weighted by molar-refractivity contribution is -0.167. The Morgan fingerprint density at radius 3 is 0.785 bits per heavy atom. The maximum absolute atomic E-state index is 12.9. The number of carbonyl (C=O) groups is 3. The Hall–Kier alpha value is -3.15. The summed E-state index contributed by atoms with van der Waals surface area (Å²) in [4.78, 5) is 38.3. The third-order valence-corrected chi connectivity index (χ3v) is 15.2. The molecule has 1 atom stereocenters. The van der Waals surface area contributed by atoms with Gasteiger partial charge >= 0.3 is 17.9 Å². The molecule has 0 aliphatic carbocycles. The zero-order valence-corrected chi connectivity index (χ0v) is 52.6. The highest BCUT2D eigenvalue weighted by molar-refractivity contribution is 5.71. The summed E-state index contributed by atoms with van der Waals surface area (Å²) in [6.45, 7) is 6.56. The second kappa shape index (κ2) is 67.4. The zero-order valence-electron chi connectivity index (χ0n) is 52.6. The molecule has 0 rings (SSSR count). The van der Waals surface area contributed by atoms with Crippen LogP contribution in [-0.2, 0) is 28.6 Å². The molecule has 0 N–H and O–H groups in total. The molecular formula is C73H130O6. The predicted octanol–water partition coefficient (Wildman–Crippen LogP) is 23.7. The van der Waals surface area contributed by atoms with Gasteiger partial charge in [-0.15, -0.1) is 0 Å². The van der Waals surface area contributed by atoms with Crippen LogP contribution in [0.4, 0.5) is 0 Å². The van der Waals surface area contributed by atoms with Crippen LogP contribution in [0, 0.1) is 0 Å². The van der Waals surface area contributed by atoms with Gasteiger partial charge in [-0.25, -0.2) is 0 Å². The highest BCUT2D eigenvalue weighted by atomic mass is 16.6. The van der Waals surface area contributed by atoms with Crippen LogP contribution in [0.1, 0.15) is 355 Å². The summed E-state index contributed by atoms with van der Waals surface area (Å²) in [6, 6.07) is 0. The van der Waals surface area contributed by atoms with E-state index in [4.69, 9.17) is 14.2 Å². The fourth-order valence-electron chi connectivity index (χ4n) is 10.1. The third-order valence-electron chi connectivity index (χ3n) is 15.2. The van der Waals surface area contributed by atoms with Crippen molar-refractivity contribution >= 4 is 17.9 Å². The Labute approximate surface area is 491 Å². The number of hydrogen-bond donors (Lipinski definition) is 0. The van der Waals surface area contributed by atoms with Crippen LogP contribution in [0.15, 0.2) is 72.9 Å². The summed E-state index contributed by atoms with van der Waals surface area (Å²) >= 11 is 0. The van der Waals surface area contributed by atoms with Crippen molar-refractivity contribution < 1.29 is 28.6 Å². The Morgan fingerprint density at radius 2 is 0.494 bits per heavy atom. The van der Waals surface area contributed by atoms with E-state index in [1.165, 1.54) is 218 Å². The first-order valence-electron chi connectivity index (χ1n) is 34.4. The molecule has 0 aromatic carbocycles. The Bertz CT molecular complexity index is 1450. The maximum atomic E-state index is 12.9. The lowest BCUT2D eigenvalue weighted by Crippen LogP contribution is -2.30. The average Bonchev–Trinajstić information content (AvgIpc) is 3.45. The number of esters is 3. The number of rotatable bonds is 63. The molecule has 0 fully saturated rings. The summed E-state index contributed by atoms with van der Waals surface area (Å²) < 4.78 is 16.9. The van der Waals surface area contributed by atoms with Crippen LogP contribution in [0.3, 0.4) is 0 Å². The normalized spacial score (nSPS) is 12.5. The summed E-state index contributed by atoms with van der Waals surface area (Å²) in [5.74, 6) is -0.860. The van der Waals surface area contributed by atoms with Gasteiger partial charge in [0.2, 0.25) is 0 Å². The predicted molar refractivity (Wildman–Crippen MR) is 344 cm³/mol. The van der Waals surface area contributed by atoms with Crippen molar-refractivity contribution in [2.45, 2.75) is 361 Å². The third kappa shape index (κ3) is 65.5. The molecule has 0 amide bonds. The van der Waals surface area contributed by atoms with Crippen molar-refractivity contribution in [1.82, 2.24) is 0 Å². The van der Waals surface area contributed by atoms with Gasteiger partial charge in [0, 0.05) is 19.3 Å². The summed E-state index contributed by atoms with van der Waals surface area (Å²) in [5.41, 5.74) is 0. The number of unbranched alkanes of at least 4 members (excludes halogenated alkanes) is 40. The van der Waals surface area contributed by atoms with Crippen molar-refractivity contribution in [2.75, 3.05) is 13.2 Å². The van der Waals surface area contributed by atoms with Gasteiger partial charge in [-0.05, 0) is 89.9 Å². The molecule has 0 bridgehead atoms. The first kappa shape index (κ1) is 75.8. The van der Waals surface area contributed by atoms with Gasteiger partial charge in [-0.3, -0.25) is 14.4 Å². The van der Waals surface area contributed by atoms with Crippen LogP contribution in [0.5, 0.6) is 0 Å².